The van der Waals surface area contributed by atoms with Crippen LogP contribution in [-0.2, 0) is 6.54 Å². The minimum Gasteiger partial charge on any atom is -0.314 e. The molecule has 0 atom stereocenters. The summed E-state index contributed by atoms with van der Waals surface area (Å²) in [6.45, 7) is 7.25. The number of hydrogen-bond acceptors (Lipinski definition) is 4. The number of piperazine rings is 1. The summed E-state index contributed by atoms with van der Waals surface area (Å²) in [7, 11) is 0. The van der Waals surface area contributed by atoms with E-state index in [0.717, 1.165) is 49.8 Å². The van der Waals surface area contributed by atoms with Gasteiger partial charge < -0.3 is 9.88 Å². The maximum atomic E-state index is 4.48. The smallest absolute Gasteiger partial charge is 0.0996 e. The summed E-state index contributed by atoms with van der Waals surface area (Å²) in [4.78, 5) is 11.2. The Bertz CT molecular complexity index is 525. The van der Waals surface area contributed by atoms with E-state index in [-0.39, 0.29) is 0 Å². The average Bonchev–Trinajstić information content (AvgIpc) is 2.89. The van der Waals surface area contributed by atoms with Crippen molar-refractivity contribution in [2.45, 2.75) is 13.5 Å². The standard InChI is InChI=1S/C14H19N5/c1-12-2-3-14(8-16-12)19-10-13(17-11-19)9-18-6-4-15-5-7-18/h2-3,8,10-11,15H,4-7,9H2,1H3. The first-order valence-electron chi connectivity index (χ1n) is 6.70. The SMILES string of the molecule is Cc1ccc(-n2cnc(CN3CCNCC3)c2)cn1. The summed E-state index contributed by atoms with van der Waals surface area (Å²) in [5, 5.41) is 3.36. The molecule has 1 aliphatic rings. The molecule has 1 saturated heterocycles. The molecule has 0 spiro atoms. The van der Waals surface area contributed by atoms with Crippen molar-refractivity contribution in [3.05, 3.63) is 42.2 Å². The van der Waals surface area contributed by atoms with Crippen LogP contribution in [0.3, 0.4) is 0 Å². The van der Waals surface area contributed by atoms with Crippen molar-refractivity contribution in [1.82, 2.24) is 24.8 Å². The highest BCUT2D eigenvalue weighted by Crippen LogP contribution is 2.09. The Morgan fingerprint density at radius 2 is 2.05 bits per heavy atom. The van der Waals surface area contributed by atoms with Gasteiger partial charge in [0.25, 0.3) is 0 Å². The first-order chi connectivity index (χ1) is 9.31. The van der Waals surface area contributed by atoms with Gasteiger partial charge >= 0.3 is 0 Å². The molecule has 0 aliphatic carbocycles. The van der Waals surface area contributed by atoms with Crippen molar-refractivity contribution in [2.75, 3.05) is 26.2 Å². The van der Waals surface area contributed by atoms with Gasteiger partial charge in [0.1, 0.15) is 0 Å². The van der Waals surface area contributed by atoms with E-state index in [9.17, 15) is 0 Å². The van der Waals surface area contributed by atoms with E-state index in [1.165, 1.54) is 0 Å². The number of hydrogen-bond donors (Lipinski definition) is 1. The van der Waals surface area contributed by atoms with E-state index in [1.807, 2.05) is 30.1 Å². The zero-order chi connectivity index (χ0) is 13.1. The molecule has 0 bridgehead atoms. The molecule has 3 rings (SSSR count). The minimum atomic E-state index is 0.925. The average molecular weight is 257 g/mol. The lowest BCUT2D eigenvalue weighted by Gasteiger charge is -2.26. The van der Waals surface area contributed by atoms with Crippen LogP contribution in [-0.4, -0.2) is 45.6 Å². The van der Waals surface area contributed by atoms with Crippen molar-refractivity contribution < 1.29 is 0 Å². The molecule has 3 heterocycles. The Labute approximate surface area is 113 Å². The third-order valence-electron chi connectivity index (χ3n) is 3.43. The molecule has 2 aromatic rings. The van der Waals surface area contributed by atoms with Crippen molar-refractivity contribution in [1.29, 1.82) is 0 Å². The van der Waals surface area contributed by atoms with Crippen LogP contribution < -0.4 is 5.32 Å². The van der Waals surface area contributed by atoms with E-state index in [2.05, 4.69) is 32.4 Å². The monoisotopic (exact) mass is 257 g/mol. The molecule has 0 radical (unpaired) electrons. The number of pyridine rings is 1. The van der Waals surface area contributed by atoms with Gasteiger partial charge in [-0.2, -0.15) is 0 Å². The maximum Gasteiger partial charge on any atom is 0.0996 e. The molecule has 0 unspecified atom stereocenters. The van der Waals surface area contributed by atoms with Crippen molar-refractivity contribution >= 4 is 0 Å². The van der Waals surface area contributed by atoms with Crippen LogP contribution in [0.15, 0.2) is 30.9 Å². The normalized spacial score (nSPS) is 16.7. The minimum absolute atomic E-state index is 0.925. The molecule has 1 fully saturated rings. The molecule has 0 saturated carbocycles. The number of rotatable bonds is 3. The van der Waals surface area contributed by atoms with E-state index in [1.54, 1.807) is 0 Å². The highest BCUT2D eigenvalue weighted by Gasteiger charge is 2.11. The molecule has 1 aliphatic heterocycles. The number of aryl methyl sites for hydroxylation is 1. The Kier molecular flexibility index (Phi) is 3.57. The van der Waals surface area contributed by atoms with Crippen LogP contribution in [0.5, 0.6) is 0 Å². The van der Waals surface area contributed by atoms with Crippen LogP contribution in [0.2, 0.25) is 0 Å². The van der Waals surface area contributed by atoms with Crippen LogP contribution in [0.25, 0.3) is 5.69 Å². The Morgan fingerprint density at radius 1 is 1.21 bits per heavy atom. The van der Waals surface area contributed by atoms with Crippen molar-refractivity contribution in [3.8, 4) is 5.69 Å². The fraction of sp³-hybridized carbons (Fsp3) is 0.429. The Hall–Kier alpha value is -1.72. The maximum absolute atomic E-state index is 4.48. The molecule has 0 aromatic carbocycles. The third kappa shape index (κ3) is 3.00. The zero-order valence-electron chi connectivity index (χ0n) is 11.2. The summed E-state index contributed by atoms with van der Waals surface area (Å²) in [6, 6.07) is 4.09. The summed E-state index contributed by atoms with van der Waals surface area (Å²) in [5.41, 5.74) is 3.21. The quantitative estimate of drug-likeness (QED) is 0.890. The number of aromatic nitrogens is 3. The lowest BCUT2D eigenvalue weighted by atomic mass is 10.3. The summed E-state index contributed by atoms with van der Waals surface area (Å²) in [6.07, 6.45) is 5.84. The van der Waals surface area contributed by atoms with Gasteiger partial charge in [0, 0.05) is 44.6 Å². The highest BCUT2D eigenvalue weighted by atomic mass is 15.2. The number of imidazole rings is 1. The lowest BCUT2D eigenvalue weighted by molar-refractivity contribution is 0.231. The second kappa shape index (κ2) is 5.50. The van der Waals surface area contributed by atoms with Crippen LogP contribution in [0.4, 0.5) is 0 Å². The second-order valence-corrected chi connectivity index (χ2v) is 4.96. The molecule has 19 heavy (non-hydrogen) atoms. The van der Waals surface area contributed by atoms with Gasteiger partial charge in [0.05, 0.1) is 23.9 Å². The summed E-state index contributed by atoms with van der Waals surface area (Å²) < 4.78 is 2.03. The topological polar surface area (TPSA) is 46.0 Å². The van der Waals surface area contributed by atoms with Gasteiger partial charge in [-0.1, -0.05) is 0 Å². The van der Waals surface area contributed by atoms with Gasteiger partial charge in [-0.25, -0.2) is 4.98 Å². The Morgan fingerprint density at radius 3 is 2.79 bits per heavy atom. The molecule has 1 N–H and O–H groups in total. The molecule has 2 aromatic heterocycles. The first kappa shape index (κ1) is 12.3. The largest absolute Gasteiger partial charge is 0.314 e. The fourth-order valence-corrected chi connectivity index (χ4v) is 2.30. The number of nitrogens with one attached hydrogen (secondary N) is 1. The van der Waals surface area contributed by atoms with Crippen LogP contribution in [0, 0.1) is 6.92 Å². The second-order valence-electron chi connectivity index (χ2n) is 4.96. The summed E-state index contributed by atoms with van der Waals surface area (Å²) >= 11 is 0. The van der Waals surface area contributed by atoms with E-state index in [0.29, 0.717) is 0 Å². The molecular formula is C14H19N5. The van der Waals surface area contributed by atoms with Gasteiger partial charge in [0.2, 0.25) is 0 Å². The molecule has 100 valence electrons. The van der Waals surface area contributed by atoms with Gasteiger partial charge in [-0.05, 0) is 19.1 Å². The number of nitrogens with zero attached hydrogens (tertiary/aromatic N) is 4. The van der Waals surface area contributed by atoms with Gasteiger partial charge in [-0.15, -0.1) is 0 Å². The van der Waals surface area contributed by atoms with E-state index < -0.39 is 0 Å². The van der Waals surface area contributed by atoms with E-state index >= 15 is 0 Å². The molecular weight excluding hydrogens is 238 g/mol. The predicted molar refractivity (Wildman–Crippen MR) is 74.2 cm³/mol. The zero-order valence-corrected chi connectivity index (χ0v) is 11.2. The first-order valence-corrected chi connectivity index (χ1v) is 6.70. The fourth-order valence-electron chi connectivity index (χ4n) is 2.30. The van der Waals surface area contributed by atoms with Crippen molar-refractivity contribution in [2.24, 2.45) is 0 Å². The molecule has 5 nitrogen and oxygen atoms in total. The van der Waals surface area contributed by atoms with Crippen molar-refractivity contribution in [3.63, 3.8) is 0 Å². The van der Waals surface area contributed by atoms with Gasteiger partial charge in [0.15, 0.2) is 0 Å². The van der Waals surface area contributed by atoms with Gasteiger partial charge in [-0.3, -0.25) is 9.88 Å². The summed E-state index contributed by atoms with van der Waals surface area (Å²) in [5.74, 6) is 0. The van der Waals surface area contributed by atoms with E-state index in [4.69, 9.17) is 0 Å². The lowest BCUT2D eigenvalue weighted by Crippen LogP contribution is -2.42. The third-order valence-corrected chi connectivity index (χ3v) is 3.43. The van der Waals surface area contributed by atoms with Crippen LogP contribution in [0.1, 0.15) is 11.4 Å². The molecule has 0 amide bonds. The predicted octanol–water partition coefficient (Wildman–Crippen LogP) is 0.981. The highest BCUT2D eigenvalue weighted by molar-refractivity contribution is 5.29. The molecule has 5 heteroatoms. The Balaban J connectivity index is 1.70. The van der Waals surface area contributed by atoms with Crippen LogP contribution >= 0.6 is 0 Å².